The molecule has 2 bridgehead atoms. The van der Waals surface area contributed by atoms with Crippen LogP contribution in [-0.4, -0.2) is 46.5 Å². The van der Waals surface area contributed by atoms with Crippen LogP contribution in [0.5, 0.6) is 5.75 Å². The minimum absolute atomic E-state index is 0.0707. The molecular formula is C27H33N3O3. The van der Waals surface area contributed by atoms with Crippen LogP contribution in [0.25, 0.3) is 6.08 Å². The number of benzene rings is 1. The van der Waals surface area contributed by atoms with Crippen LogP contribution in [0, 0.1) is 17.3 Å². The molecule has 6 heterocycles. The largest absolute Gasteiger partial charge is 0.483 e. The summed E-state index contributed by atoms with van der Waals surface area (Å²) < 4.78 is 6.20. The van der Waals surface area contributed by atoms with E-state index in [1.54, 1.807) is 0 Å². The van der Waals surface area contributed by atoms with Crippen molar-refractivity contribution in [2.45, 2.75) is 76.0 Å². The summed E-state index contributed by atoms with van der Waals surface area (Å²) in [5.74, 6) is 1.66. The van der Waals surface area contributed by atoms with Crippen molar-refractivity contribution in [3.05, 3.63) is 29.3 Å². The fourth-order valence-corrected chi connectivity index (χ4v) is 8.80. The van der Waals surface area contributed by atoms with Gasteiger partial charge in [-0.25, -0.2) is 0 Å². The van der Waals surface area contributed by atoms with E-state index in [1.807, 2.05) is 19.9 Å². The van der Waals surface area contributed by atoms with Gasteiger partial charge in [-0.05, 0) is 80.7 Å². The lowest BCUT2D eigenvalue weighted by Gasteiger charge is -2.61. The monoisotopic (exact) mass is 447 g/mol. The van der Waals surface area contributed by atoms with Crippen LogP contribution >= 0.6 is 0 Å². The molecule has 6 nitrogen and oxygen atoms in total. The van der Waals surface area contributed by atoms with E-state index < -0.39 is 11.0 Å². The smallest absolute Gasteiger partial charge is 0.241 e. The van der Waals surface area contributed by atoms with Crippen molar-refractivity contribution < 1.29 is 14.3 Å². The van der Waals surface area contributed by atoms with Gasteiger partial charge in [0.25, 0.3) is 0 Å². The van der Waals surface area contributed by atoms with Gasteiger partial charge in [0.15, 0.2) is 0 Å². The van der Waals surface area contributed by atoms with Crippen LogP contribution < -0.4 is 15.4 Å². The maximum absolute atomic E-state index is 14.0. The molecular weight excluding hydrogens is 414 g/mol. The number of nitrogens with one attached hydrogen (secondary N) is 2. The molecule has 1 aliphatic carbocycles. The molecule has 5 unspecified atom stereocenters. The number of hydrogen-bond acceptors (Lipinski definition) is 4. The second kappa shape index (κ2) is 5.48. The highest BCUT2D eigenvalue weighted by molar-refractivity contribution is 6.10. The maximum Gasteiger partial charge on any atom is 0.241 e. The minimum atomic E-state index is -0.676. The molecule has 7 aliphatic rings. The summed E-state index contributed by atoms with van der Waals surface area (Å²) >= 11 is 0. The number of ether oxygens (including phenoxy) is 1. The Morgan fingerprint density at radius 2 is 1.91 bits per heavy atom. The van der Waals surface area contributed by atoms with Crippen LogP contribution in [0.4, 0.5) is 5.69 Å². The normalized spacial score (nSPS) is 42.9. The van der Waals surface area contributed by atoms with E-state index in [1.165, 1.54) is 0 Å². The van der Waals surface area contributed by atoms with Crippen molar-refractivity contribution in [2.24, 2.45) is 17.3 Å². The fraction of sp³-hybridized carbons (Fsp3) is 0.630. The van der Waals surface area contributed by atoms with Crippen LogP contribution in [-0.2, 0) is 15.0 Å². The highest BCUT2D eigenvalue weighted by atomic mass is 16.5. The third-order valence-electron chi connectivity index (χ3n) is 10.5. The molecule has 1 saturated carbocycles. The topological polar surface area (TPSA) is 70.7 Å². The minimum Gasteiger partial charge on any atom is -0.483 e. The Kier molecular flexibility index (Phi) is 3.33. The first-order valence-corrected chi connectivity index (χ1v) is 12.4. The standard InChI is InChI=1S/C27H33N3O3/c1-15-9-11-30-14-25-13-26(24(4,5)19(25)12-27(15,30)22(32)29-25)17-6-7-18-16(20(17)28-21(26)31)8-10-23(2,3)33-18/h6-8,10,15,19H,9,11-14H2,1-5H3,(H,28,31)(H,29,32). The molecule has 2 amide bonds. The molecule has 6 aliphatic heterocycles. The molecule has 4 saturated heterocycles. The van der Waals surface area contributed by atoms with E-state index in [-0.39, 0.29) is 34.3 Å². The Morgan fingerprint density at radius 1 is 1.12 bits per heavy atom. The van der Waals surface area contributed by atoms with Crippen molar-refractivity contribution in [3.63, 3.8) is 0 Å². The number of piperidine rings is 2. The number of hydrogen-bond donors (Lipinski definition) is 2. The van der Waals surface area contributed by atoms with Gasteiger partial charge in [0.05, 0.1) is 16.6 Å². The van der Waals surface area contributed by atoms with Gasteiger partial charge in [0.2, 0.25) is 11.8 Å². The predicted octanol–water partition coefficient (Wildman–Crippen LogP) is 3.46. The Bertz CT molecular complexity index is 1190. The number of rotatable bonds is 0. The van der Waals surface area contributed by atoms with Gasteiger partial charge in [-0.1, -0.05) is 26.8 Å². The molecule has 1 aromatic rings. The number of fused-ring (bicyclic) bond motifs is 5. The molecule has 2 N–H and O–H groups in total. The summed E-state index contributed by atoms with van der Waals surface area (Å²) in [6.07, 6.45) is 6.72. The van der Waals surface area contributed by atoms with Gasteiger partial charge in [0, 0.05) is 12.1 Å². The van der Waals surface area contributed by atoms with Crippen LogP contribution in [0.3, 0.4) is 0 Å². The lowest BCUT2D eigenvalue weighted by atomic mass is 9.56. The van der Waals surface area contributed by atoms with Gasteiger partial charge in [-0.15, -0.1) is 0 Å². The van der Waals surface area contributed by atoms with Gasteiger partial charge in [0.1, 0.15) is 16.9 Å². The van der Waals surface area contributed by atoms with E-state index in [9.17, 15) is 9.59 Å². The van der Waals surface area contributed by atoms with Crippen molar-refractivity contribution >= 4 is 23.6 Å². The van der Waals surface area contributed by atoms with E-state index in [0.717, 1.165) is 48.5 Å². The molecule has 33 heavy (non-hydrogen) atoms. The Labute approximate surface area is 195 Å². The predicted molar refractivity (Wildman–Crippen MR) is 126 cm³/mol. The van der Waals surface area contributed by atoms with E-state index in [4.69, 9.17) is 4.74 Å². The molecule has 5 fully saturated rings. The number of nitrogens with zero attached hydrogens (tertiary/aromatic N) is 1. The van der Waals surface area contributed by atoms with Gasteiger partial charge >= 0.3 is 0 Å². The third-order valence-corrected chi connectivity index (χ3v) is 10.5. The number of anilines is 1. The zero-order valence-corrected chi connectivity index (χ0v) is 20.2. The first-order chi connectivity index (χ1) is 15.5. The third kappa shape index (κ3) is 1.99. The van der Waals surface area contributed by atoms with E-state index >= 15 is 0 Å². The second-order valence-electron chi connectivity index (χ2n) is 12.6. The van der Waals surface area contributed by atoms with Crippen molar-refractivity contribution in [3.8, 4) is 5.75 Å². The molecule has 174 valence electrons. The highest BCUT2D eigenvalue weighted by Crippen LogP contribution is 2.70. The molecule has 5 atom stereocenters. The van der Waals surface area contributed by atoms with Crippen molar-refractivity contribution in [1.29, 1.82) is 0 Å². The number of carbonyl (C=O) groups excluding carboxylic acids is 2. The molecule has 1 aromatic carbocycles. The van der Waals surface area contributed by atoms with Crippen LogP contribution in [0.1, 0.15) is 65.0 Å². The summed E-state index contributed by atoms with van der Waals surface area (Å²) in [5.41, 5.74) is 0.793. The average molecular weight is 448 g/mol. The lowest BCUT2D eigenvalue weighted by molar-refractivity contribution is -0.160. The second-order valence-corrected chi connectivity index (χ2v) is 12.6. The summed E-state index contributed by atoms with van der Waals surface area (Å²) in [6, 6.07) is 4.14. The summed E-state index contributed by atoms with van der Waals surface area (Å²) in [6.45, 7) is 12.7. The first-order valence-electron chi connectivity index (χ1n) is 12.4. The molecule has 8 rings (SSSR count). The van der Waals surface area contributed by atoms with Crippen LogP contribution in [0.2, 0.25) is 0 Å². The summed E-state index contributed by atoms with van der Waals surface area (Å²) in [4.78, 5) is 30.0. The Hall–Kier alpha value is -2.34. The lowest BCUT2D eigenvalue weighted by Crippen LogP contribution is -2.79. The number of piperazine rings is 1. The van der Waals surface area contributed by atoms with Crippen LogP contribution in [0.15, 0.2) is 18.2 Å². The summed E-state index contributed by atoms with van der Waals surface area (Å²) in [7, 11) is 0. The molecule has 3 spiro atoms. The number of amides is 2. The van der Waals surface area contributed by atoms with E-state index in [2.05, 4.69) is 54.5 Å². The average Bonchev–Trinajstić information content (AvgIpc) is 3.28. The molecule has 0 aromatic heterocycles. The summed E-state index contributed by atoms with van der Waals surface area (Å²) in [5, 5.41) is 6.79. The van der Waals surface area contributed by atoms with E-state index in [0.29, 0.717) is 12.3 Å². The fourth-order valence-electron chi connectivity index (χ4n) is 8.80. The molecule has 6 heteroatoms. The zero-order valence-electron chi connectivity index (χ0n) is 20.2. The quantitative estimate of drug-likeness (QED) is 0.639. The van der Waals surface area contributed by atoms with Gasteiger partial charge in [-0.2, -0.15) is 0 Å². The first kappa shape index (κ1) is 20.1. The SMILES string of the molecule is CC1CCN2CC34CC5(C(=O)Nc6c5ccc5c6C=CC(C)(C)O5)C(C)(C)C3CC12C(=O)N4. The highest BCUT2D eigenvalue weighted by Gasteiger charge is 2.78. The van der Waals surface area contributed by atoms with Crippen molar-refractivity contribution in [2.75, 3.05) is 18.4 Å². The van der Waals surface area contributed by atoms with Gasteiger partial charge in [-0.3, -0.25) is 14.5 Å². The Morgan fingerprint density at radius 3 is 2.70 bits per heavy atom. The zero-order chi connectivity index (χ0) is 23.2. The molecule has 0 radical (unpaired) electrons. The Balaban J connectivity index is 1.40. The number of carbonyl (C=O) groups is 2. The van der Waals surface area contributed by atoms with Crippen molar-refractivity contribution in [1.82, 2.24) is 10.2 Å². The maximum atomic E-state index is 14.0. The van der Waals surface area contributed by atoms with Gasteiger partial charge < -0.3 is 15.4 Å².